The van der Waals surface area contributed by atoms with Gasteiger partial charge in [0.2, 0.25) is 11.7 Å². The van der Waals surface area contributed by atoms with Crippen molar-refractivity contribution in [2.24, 2.45) is 0 Å². The Balaban J connectivity index is 1.56. The van der Waals surface area contributed by atoms with Gasteiger partial charge in [0.05, 0.1) is 12.3 Å². The van der Waals surface area contributed by atoms with Gasteiger partial charge in [-0.05, 0) is 23.6 Å². The fraction of sp³-hybridized carbons (Fsp3) is 0.100. The van der Waals surface area contributed by atoms with Crippen LogP contribution in [-0.4, -0.2) is 29.4 Å². The number of hydrogen-bond donors (Lipinski definition) is 1. The van der Waals surface area contributed by atoms with Crippen LogP contribution in [0.25, 0.3) is 28.2 Å². The first-order valence-corrected chi connectivity index (χ1v) is 9.91. The van der Waals surface area contributed by atoms with E-state index < -0.39 is 12.4 Å². The summed E-state index contributed by atoms with van der Waals surface area (Å²) in [6.45, 7) is -0.352. The van der Waals surface area contributed by atoms with Gasteiger partial charge in [-0.15, -0.1) is 0 Å². The predicted octanol–water partition coefficient (Wildman–Crippen LogP) is 2.95. The number of benzene rings is 1. The third kappa shape index (κ3) is 3.11. The van der Waals surface area contributed by atoms with E-state index in [2.05, 4.69) is 15.2 Å². The molecule has 150 valence electrons. The number of thiophene rings is 1. The van der Waals surface area contributed by atoms with Gasteiger partial charge >= 0.3 is 0 Å². The maximum atomic E-state index is 13.6. The number of aliphatic hydroxyl groups excluding tert-OH is 1. The lowest BCUT2D eigenvalue weighted by molar-refractivity contribution is 0.283. The molecule has 0 amide bonds. The van der Waals surface area contributed by atoms with E-state index in [9.17, 15) is 14.3 Å². The van der Waals surface area contributed by atoms with Gasteiger partial charge in [-0.1, -0.05) is 17.3 Å². The van der Waals surface area contributed by atoms with Crippen LogP contribution >= 0.6 is 11.3 Å². The van der Waals surface area contributed by atoms with E-state index in [4.69, 9.17) is 4.52 Å². The maximum Gasteiger partial charge on any atom is 0.277 e. The van der Waals surface area contributed by atoms with Crippen LogP contribution in [0.15, 0.2) is 62.8 Å². The number of aromatic nitrogens is 5. The van der Waals surface area contributed by atoms with Gasteiger partial charge in [0, 0.05) is 34.5 Å². The van der Waals surface area contributed by atoms with Gasteiger partial charge < -0.3 is 14.2 Å². The van der Waals surface area contributed by atoms with Crippen molar-refractivity contribution >= 4 is 16.9 Å². The smallest absolute Gasteiger partial charge is 0.277 e. The normalized spacial score (nSPS) is 11.4. The highest BCUT2D eigenvalue weighted by Gasteiger charge is 2.19. The zero-order chi connectivity index (χ0) is 20.7. The predicted molar refractivity (Wildman–Crippen MR) is 107 cm³/mol. The Kier molecular flexibility index (Phi) is 4.49. The Morgan fingerprint density at radius 3 is 2.87 bits per heavy atom. The molecule has 0 aliphatic carbocycles. The lowest BCUT2D eigenvalue weighted by atomic mass is 10.1. The molecule has 0 saturated carbocycles. The Bertz CT molecular complexity index is 1400. The summed E-state index contributed by atoms with van der Waals surface area (Å²) in [5, 5.41) is 22.0. The van der Waals surface area contributed by atoms with Crippen LogP contribution in [0.5, 0.6) is 0 Å². The Morgan fingerprint density at radius 2 is 2.10 bits per heavy atom. The van der Waals surface area contributed by atoms with Gasteiger partial charge in [0.15, 0.2) is 0 Å². The lowest BCUT2D eigenvalue weighted by Gasteiger charge is -2.03. The summed E-state index contributed by atoms with van der Waals surface area (Å²) in [5.41, 5.74) is 1.82. The molecule has 0 unspecified atom stereocenters. The number of rotatable bonds is 5. The van der Waals surface area contributed by atoms with E-state index in [1.165, 1.54) is 32.6 Å². The highest BCUT2D eigenvalue weighted by molar-refractivity contribution is 7.08. The molecule has 1 N–H and O–H groups in total. The average molecular weight is 423 g/mol. The second-order valence-corrected chi connectivity index (χ2v) is 7.32. The summed E-state index contributed by atoms with van der Waals surface area (Å²) in [7, 11) is 0. The van der Waals surface area contributed by atoms with Crippen molar-refractivity contribution in [2.75, 3.05) is 0 Å². The van der Waals surface area contributed by atoms with E-state index in [0.29, 0.717) is 22.6 Å². The zero-order valence-corrected chi connectivity index (χ0v) is 16.2. The second kappa shape index (κ2) is 7.32. The van der Waals surface area contributed by atoms with Crippen LogP contribution in [0.4, 0.5) is 4.39 Å². The van der Waals surface area contributed by atoms with Gasteiger partial charge in [0.1, 0.15) is 17.9 Å². The van der Waals surface area contributed by atoms with Crippen molar-refractivity contribution in [1.29, 1.82) is 0 Å². The minimum Gasteiger partial charge on any atom is -0.392 e. The molecule has 0 spiro atoms. The summed E-state index contributed by atoms with van der Waals surface area (Å²) in [6, 6.07) is 7.73. The van der Waals surface area contributed by atoms with Crippen LogP contribution in [0, 0.1) is 5.82 Å². The quantitative estimate of drug-likeness (QED) is 0.467. The number of fused-ring (bicyclic) bond motifs is 1. The van der Waals surface area contributed by atoms with Crippen LogP contribution in [0.3, 0.4) is 0 Å². The third-order valence-electron chi connectivity index (χ3n) is 4.67. The Morgan fingerprint density at radius 1 is 1.20 bits per heavy atom. The fourth-order valence-electron chi connectivity index (χ4n) is 3.27. The van der Waals surface area contributed by atoms with E-state index in [1.807, 2.05) is 16.8 Å². The summed E-state index contributed by atoms with van der Waals surface area (Å²) < 4.78 is 21.7. The molecular weight excluding hydrogens is 409 g/mol. The van der Waals surface area contributed by atoms with E-state index in [1.54, 1.807) is 24.5 Å². The van der Waals surface area contributed by atoms with Crippen molar-refractivity contribution in [1.82, 2.24) is 24.3 Å². The molecule has 1 aromatic carbocycles. The largest absolute Gasteiger partial charge is 0.392 e. The molecule has 4 aromatic heterocycles. The van der Waals surface area contributed by atoms with Crippen molar-refractivity contribution < 1.29 is 14.0 Å². The Hall–Kier alpha value is -3.63. The van der Waals surface area contributed by atoms with Gasteiger partial charge in [-0.2, -0.15) is 21.4 Å². The highest BCUT2D eigenvalue weighted by atomic mass is 32.1. The third-order valence-corrected chi connectivity index (χ3v) is 5.35. The van der Waals surface area contributed by atoms with E-state index >= 15 is 0 Å². The van der Waals surface area contributed by atoms with Crippen molar-refractivity contribution in [3.8, 4) is 22.6 Å². The molecule has 0 radical (unpaired) electrons. The monoisotopic (exact) mass is 423 g/mol. The standard InChI is InChI=1S/C20H14FN5O3S/c21-14-3-1-2-12(8-14)17-15(10-27)18-20(28)25(5-6-26(18)23-17)9-16-22-19(24-29-16)13-4-7-30-11-13/h1-8,11,27H,9-10H2. The Labute approximate surface area is 172 Å². The van der Waals surface area contributed by atoms with Crippen molar-refractivity contribution in [3.05, 3.63) is 81.1 Å². The van der Waals surface area contributed by atoms with Crippen molar-refractivity contribution in [3.63, 3.8) is 0 Å². The van der Waals surface area contributed by atoms with Gasteiger partial charge in [0.25, 0.3) is 5.56 Å². The van der Waals surface area contributed by atoms with Gasteiger partial charge in [-0.3, -0.25) is 4.79 Å². The lowest BCUT2D eigenvalue weighted by Crippen LogP contribution is -2.22. The first-order chi connectivity index (χ1) is 14.6. The molecule has 0 saturated heterocycles. The summed E-state index contributed by atoms with van der Waals surface area (Å²) >= 11 is 1.52. The zero-order valence-electron chi connectivity index (χ0n) is 15.4. The molecule has 10 heteroatoms. The fourth-order valence-corrected chi connectivity index (χ4v) is 3.90. The van der Waals surface area contributed by atoms with Crippen LogP contribution < -0.4 is 5.56 Å². The van der Waals surface area contributed by atoms with E-state index in [-0.39, 0.29) is 23.5 Å². The summed E-state index contributed by atoms with van der Waals surface area (Å²) in [4.78, 5) is 17.4. The van der Waals surface area contributed by atoms with Crippen LogP contribution in [0.1, 0.15) is 11.5 Å². The molecule has 5 aromatic rings. The molecule has 8 nitrogen and oxygen atoms in total. The molecule has 0 aliphatic rings. The number of aliphatic hydroxyl groups is 1. The molecule has 0 fully saturated rings. The van der Waals surface area contributed by atoms with Crippen molar-refractivity contribution in [2.45, 2.75) is 13.2 Å². The molecule has 0 atom stereocenters. The minimum absolute atomic E-state index is 0.0673. The maximum absolute atomic E-state index is 13.6. The average Bonchev–Trinajstić information content (AvgIpc) is 3.49. The first-order valence-electron chi connectivity index (χ1n) is 8.96. The highest BCUT2D eigenvalue weighted by Crippen LogP contribution is 2.25. The summed E-state index contributed by atoms with van der Waals surface area (Å²) in [6.07, 6.45) is 3.14. The minimum atomic E-state index is -0.427. The first kappa shape index (κ1) is 18.4. The number of nitrogens with zero attached hydrogens (tertiary/aromatic N) is 5. The van der Waals surface area contributed by atoms with Crippen LogP contribution in [0.2, 0.25) is 0 Å². The van der Waals surface area contributed by atoms with Gasteiger partial charge in [-0.25, -0.2) is 8.91 Å². The second-order valence-electron chi connectivity index (χ2n) is 6.54. The number of halogens is 1. The molecular formula is C20H14FN5O3S. The number of hydrogen-bond acceptors (Lipinski definition) is 7. The molecule has 4 heterocycles. The summed E-state index contributed by atoms with van der Waals surface area (Å²) in [5.74, 6) is 0.302. The molecule has 30 heavy (non-hydrogen) atoms. The SMILES string of the molecule is O=c1c2c(CO)c(-c3cccc(F)c3)nn2ccn1Cc1nc(-c2ccsc2)no1. The molecule has 0 aliphatic heterocycles. The van der Waals surface area contributed by atoms with E-state index in [0.717, 1.165) is 5.56 Å². The van der Waals surface area contributed by atoms with Crippen LogP contribution in [-0.2, 0) is 13.2 Å². The molecule has 5 rings (SSSR count). The molecule has 0 bridgehead atoms. The topological polar surface area (TPSA) is 98.4 Å².